The van der Waals surface area contributed by atoms with E-state index in [0.717, 1.165) is 69.9 Å². The normalized spacial score (nSPS) is 22.2. The van der Waals surface area contributed by atoms with Gasteiger partial charge in [0.25, 0.3) is 0 Å². The van der Waals surface area contributed by atoms with Gasteiger partial charge in [0.1, 0.15) is 6.10 Å². The van der Waals surface area contributed by atoms with Crippen molar-refractivity contribution in [2.24, 2.45) is 0 Å². The van der Waals surface area contributed by atoms with Gasteiger partial charge in [-0.1, -0.05) is 0 Å². The van der Waals surface area contributed by atoms with E-state index in [1.807, 2.05) is 9.80 Å². The van der Waals surface area contributed by atoms with Gasteiger partial charge in [0.15, 0.2) is 5.06 Å². The summed E-state index contributed by atoms with van der Waals surface area (Å²) in [4.78, 5) is 20.9. The van der Waals surface area contributed by atoms with Gasteiger partial charge in [-0.25, -0.2) is 4.79 Å². The van der Waals surface area contributed by atoms with Gasteiger partial charge >= 0.3 is 6.03 Å². The van der Waals surface area contributed by atoms with E-state index in [2.05, 4.69) is 24.8 Å². The van der Waals surface area contributed by atoms with Crippen molar-refractivity contribution in [2.45, 2.75) is 70.7 Å². The molecule has 0 aliphatic carbocycles. The molecule has 3 aliphatic rings. The van der Waals surface area contributed by atoms with Gasteiger partial charge < -0.3 is 24.2 Å². The summed E-state index contributed by atoms with van der Waals surface area (Å²) >= 11 is 1.78. The van der Waals surface area contributed by atoms with Crippen LogP contribution in [0.5, 0.6) is 5.06 Å². The largest absolute Gasteiger partial charge is 0.481 e. The molecule has 2 saturated heterocycles. The highest BCUT2D eigenvalue weighted by Gasteiger charge is 2.30. The number of hydrogen-bond acceptors (Lipinski definition) is 5. The molecule has 0 N–H and O–H groups in total. The number of likely N-dealkylation sites (tertiary alicyclic amines) is 2. The van der Waals surface area contributed by atoms with Gasteiger partial charge in [-0.3, -0.25) is 0 Å². The first-order valence-corrected chi connectivity index (χ1v) is 11.9. The lowest BCUT2D eigenvalue weighted by molar-refractivity contribution is 0.0438. The molecule has 4 rings (SSSR count). The van der Waals surface area contributed by atoms with Crippen molar-refractivity contribution < 1.29 is 14.3 Å². The third kappa shape index (κ3) is 4.89. The number of piperidine rings is 2. The molecule has 0 spiro atoms. The Bertz CT molecular complexity index is 691. The maximum Gasteiger partial charge on any atom is 0.320 e. The maximum absolute atomic E-state index is 12.9. The predicted octanol–water partition coefficient (Wildman–Crippen LogP) is 3.59. The molecule has 0 saturated carbocycles. The SMILES string of the molecule is COC1CCN(C(=O)N2CCc3sc(OC4CCN(C(C)C)CC4)cc3C2)CC1. The first kappa shape index (κ1) is 20.9. The van der Waals surface area contributed by atoms with Crippen LogP contribution in [-0.4, -0.2) is 78.8 Å². The Labute approximate surface area is 178 Å². The average molecular weight is 422 g/mol. The van der Waals surface area contributed by atoms with Crippen molar-refractivity contribution in [3.63, 3.8) is 0 Å². The number of methoxy groups -OCH3 is 1. The zero-order valence-electron chi connectivity index (χ0n) is 18.1. The van der Waals surface area contributed by atoms with Gasteiger partial charge in [0.2, 0.25) is 0 Å². The molecular weight excluding hydrogens is 386 g/mol. The predicted molar refractivity (Wildman–Crippen MR) is 116 cm³/mol. The third-order valence-electron chi connectivity index (χ3n) is 6.65. The Morgan fingerprint density at radius 3 is 2.38 bits per heavy atom. The highest BCUT2D eigenvalue weighted by Crippen LogP contribution is 2.35. The van der Waals surface area contributed by atoms with Crippen molar-refractivity contribution in [3.8, 4) is 5.06 Å². The summed E-state index contributed by atoms with van der Waals surface area (Å²) in [5.41, 5.74) is 1.27. The second-order valence-corrected chi connectivity index (χ2v) is 9.94. The van der Waals surface area contributed by atoms with Gasteiger partial charge in [0.05, 0.1) is 6.10 Å². The number of ether oxygens (including phenoxy) is 2. The highest BCUT2D eigenvalue weighted by atomic mass is 32.1. The van der Waals surface area contributed by atoms with Crippen molar-refractivity contribution >= 4 is 17.4 Å². The lowest BCUT2D eigenvalue weighted by atomic mass is 10.1. The second-order valence-electron chi connectivity index (χ2n) is 8.84. The number of thiophene rings is 1. The molecule has 1 aromatic heterocycles. The molecule has 6 nitrogen and oxygen atoms in total. The molecule has 162 valence electrons. The molecule has 2 fully saturated rings. The minimum atomic E-state index is 0.180. The molecule has 0 radical (unpaired) electrons. The molecule has 0 atom stereocenters. The molecule has 7 heteroatoms. The monoisotopic (exact) mass is 421 g/mol. The quantitative estimate of drug-likeness (QED) is 0.745. The summed E-state index contributed by atoms with van der Waals surface area (Å²) in [6, 6.07) is 2.99. The first-order valence-electron chi connectivity index (χ1n) is 11.1. The second kappa shape index (κ2) is 9.23. The van der Waals surface area contributed by atoms with Crippen LogP contribution in [0.4, 0.5) is 4.79 Å². The van der Waals surface area contributed by atoms with E-state index in [9.17, 15) is 4.79 Å². The lowest BCUT2D eigenvalue weighted by Gasteiger charge is -2.36. The van der Waals surface area contributed by atoms with Gasteiger partial charge in [0, 0.05) is 57.3 Å². The minimum absolute atomic E-state index is 0.180. The number of rotatable bonds is 4. The van der Waals surface area contributed by atoms with Crippen LogP contribution in [0.15, 0.2) is 6.07 Å². The highest BCUT2D eigenvalue weighted by molar-refractivity contribution is 7.14. The first-order chi connectivity index (χ1) is 14.0. The lowest BCUT2D eigenvalue weighted by Crippen LogP contribution is -2.48. The standard InChI is InChI=1S/C22H35N3O3S/c1-16(2)23-9-6-19(7-10-23)28-21-14-17-15-25(13-8-20(17)29-21)22(26)24-11-4-18(27-3)5-12-24/h14,16,18-19H,4-13,15H2,1-3H3. The van der Waals surface area contributed by atoms with E-state index in [1.165, 1.54) is 10.4 Å². The zero-order valence-corrected chi connectivity index (χ0v) is 18.9. The summed E-state index contributed by atoms with van der Waals surface area (Å²) in [5.74, 6) is 0. The van der Waals surface area contributed by atoms with Crippen molar-refractivity contribution in [1.82, 2.24) is 14.7 Å². The minimum Gasteiger partial charge on any atom is -0.481 e. The van der Waals surface area contributed by atoms with Gasteiger partial charge in [-0.15, -0.1) is 11.3 Å². The number of hydrogen-bond donors (Lipinski definition) is 0. The third-order valence-corrected chi connectivity index (χ3v) is 7.78. The summed E-state index contributed by atoms with van der Waals surface area (Å²) in [6.45, 7) is 9.89. The van der Waals surface area contributed by atoms with Crippen LogP contribution >= 0.6 is 11.3 Å². The number of carbonyl (C=O) groups excluding carboxylic acids is 1. The number of carbonyl (C=O) groups is 1. The summed E-state index contributed by atoms with van der Waals surface area (Å²) in [7, 11) is 1.76. The number of amides is 2. The van der Waals surface area contributed by atoms with Crippen LogP contribution in [0.3, 0.4) is 0 Å². The van der Waals surface area contributed by atoms with Crippen LogP contribution in [0, 0.1) is 0 Å². The van der Waals surface area contributed by atoms with E-state index >= 15 is 0 Å². The van der Waals surface area contributed by atoms with Gasteiger partial charge in [-0.05, 0) is 57.6 Å². The number of nitrogens with zero attached hydrogens (tertiary/aromatic N) is 3. The Morgan fingerprint density at radius 1 is 1.03 bits per heavy atom. The average Bonchev–Trinajstić information content (AvgIpc) is 3.15. The van der Waals surface area contributed by atoms with Crippen LogP contribution < -0.4 is 4.74 Å². The van der Waals surface area contributed by atoms with Crippen molar-refractivity contribution in [3.05, 3.63) is 16.5 Å². The van der Waals surface area contributed by atoms with Crippen LogP contribution in [0.25, 0.3) is 0 Å². The maximum atomic E-state index is 12.9. The van der Waals surface area contributed by atoms with Crippen LogP contribution in [-0.2, 0) is 17.7 Å². The van der Waals surface area contributed by atoms with Crippen LogP contribution in [0.2, 0.25) is 0 Å². The molecule has 2 amide bonds. The van der Waals surface area contributed by atoms with E-state index in [4.69, 9.17) is 9.47 Å². The number of fused-ring (bicyclic) bond motifs is 1. The molecular formula is C22H35N3O3S. The van der Waals surface area contributed by atoms with E-state index < -0.39 is 0 Å². The molecule has 0 unspecified atom stereocenters. The Morgan fingerprint density at radius 2 is 1.72 bits per heavy atom. The molecule has 29 heavy (non-hydrogen) atoms. The topological polar surface area (TPSA) is 45.3 Å². The molecule has 0 bridgehead atoms. The zero-order chi connectivity index (χ0) is 20.4. The fraction of sp³-hybridized carbons (Fsp3) is 0.773. The molecule has 4 heterocycles. The molecule has 0 aromatic carbocycles. The van der Waals surface area contributed by atoms with E-state index in [1.54, 1.807) is 18.4 Å². The summed E-state index contributed by atoms with van der Waals surface area (Å²) in [6.07, 6.45) is 5.64. The van der Waals surface area contributed by atoms with E-state index in [-0.39, 0.29) is 6.03 Å². The Kier molecular flexibility index (Phi) is 6.66. The van der Waals surface area contributed by atoms with Crippen molar-refractivity contribution in [1.29, 1.82) is 0 Å². The molecule has 3 aliphatic heterocycles. The number of urea groups is 1. The fourth-order valence-corrected chi connectivity index (χ4v) is 5.76. The summed E-state index contributed by atoms with van der Waals surface area (Å²) < 4.78 is 11.8. The van der Waals surface area contributed by atoms with Gasteiger partial charge in [-0.2, -0.15) is 0 Å². The Hall–Kier alpha value is -1.31. The smallest absolute Gasteiger partial charge is 0.320 e. The summed E-state index contributed by atoms with van der Waals surface area (Å²) in [5, 5.41) is 1.04. The van der Waals surface area contributed by atoms with Crippen molar-refractivity contribution in [2.75, 3.05) is 39.8 Å². The Balaban J connectivity index is 1.30. The fourth-order valence-electron chi connectivity index (χ4n) is 4.68. The van der Waals surface area contributed by atoms with Crippen LogP contribution in [0.1, 0.15) is 50.0 Å². The molecule has 1 aromatic rings. The van der Waals surface area contributed by atoms with E-state index in [0.29, 0.717) is 24.8 Å².